The smallest absolute Gasteiger partial charge is 0.220 e. The van der Waals surface area contributed by atoms with Crippen molar-refractivity contribution in [3.05, 3.63) is 0 Å². The lowest BCUT2D eigenvalue weighted by Gasteiger charge is -2.22. The summed E-state index contributed by atoms with van der Waals surface area (Å²) >= 11 is 0. The Morgan fingerprint density at radius 2 is 1.95 bits per heavy atom. The summed E-state index contributed by atoms with van der Waals surface area (Å²) in [5.41, 5.74) is 0. The zero-order chi connectivity index (χ0) is 13.8. The van der Waals surface area contributed by atoms with Gasteiger partial charge in [0, 0.05) is 26.2 Å². The van der Waals surface area contributed by atoms with Crippen LogP contribution in [0.25, 0.3) is 0 Å². The number of carbonyl (C=O) groups is 1. The van der Waals surface area contributed by atoms with E-state index in [9.17, 15) is 4.79 Å². The lowest BCUT2D eigenvalue weighted by molar-refractivity contribution is -0.121. The van der Waals surface area contributed by atoms with Crippen LogP contribution in [0.2, 0.25) is 0 Å². The zero-order valence-corrected chi connectivity index (χ0v) is 13.6. The molecule has 4 nitrogen and oxygen atoms in total. The molecular weight excluding hydrogens is 276 g/mol. The summed E-state index contributed by atoms with van der Waals surface area (Å²) in [4.78, 5) is 11.7. The number of amides is 1. The first-order valence-corrected chi connectivity index (χ1v) is 7.88. The summed E-state index contributed by atoms with van der Waals surface area (Å²) < 4.78 is 5.45. The van der Waals surface area contributed by atoms with Gasteiger partial charge in [0.2, 0.25) is 5.91 Å². The van der Waals surface area contributed by atoms with Crippen LogP contribution >= 0.6 is 12.4 Å². The molecule has 0 atom stereocenters. The lowest BCUT2D eigenvalue weighted by atomic mass is 9.93. The molecule has 0 bridgehead atoms. The molecule has 0 aromatic carbocycles. The summed E-state index contributed by atoms with van der Waals surface area (Å²) in [5, 5.41) is 6.33. The van der Waals surface area contributed by atoms with E-state index in [2.05, 4.69) is 17.6 Å². The van der Waals surface area contributed by atoms with E-state index in [1.54, 1.807) is 0 Å². The summed E-state index contributed by atoms with van der Waals surface area (Å²) in [6.45, 7) is 6.74. The normalized spacial score (nSPS) is 15.7. The molecule has 120 valence electrons. The molecular formula is C15H31ClN2O2. The summed E-state index contributed by atoms with van der Waals surface area (Å²) in [5.74, 6) is 0.941. The van der Waals surface area contributed by atoms with Gasteiger partial charge in [-0.3, -0.25) is 4.79 Å². The predicted molar refractivity (Wildman–Crippen MR) is 85.4 cm³/mol. The first-order chi connectivity index (χ1) is 9.33. The van der Waals surface area contributed by atoms with E-state index in [-0.39, 0.29) is 18.3 Å². The second-order valence-corrected chi connectivity index (χ2v) is 5.40. The van der Waals surface area contributed by atoms with Gasteiger partial charge in [-0.2, -0.15) is 0 Å². The Balaban J connectivity index is 0.00000361. The van der Waals surface area contributed by atoms with Crippen molar-refractivity contribution in [2.45, 2.75) is 51.9 Å². The van der Waals surface area contributed by atoms with Gasteiger partial charge >= 0.3 is 0 Å². The molecule has 1 rings (SSSR count). The second-order valence-electron chi connectivity index (χ2n) is 5.40. The molecule has 5 heteroatoms. The first-order valence-electron chi connectivity index (χ1n) is 7.88. The van der Waals surface area contributed by atoms with Gasteiger partial charge < -0.3 is 15.4 Å². The number of halogens is 1. The maximum atomic E-state index is 11.7. The zero-order valence-electron chi connectivity index (χ0n) is 12.8. The molecule has 1 heterocycles. The fraction of sp³-hybridized carbons (Fsp3) is 0.933. The number of rotatable bonds is 10. The van der Waals surface area contributed by atoms with Gasteiger partial charge in [-0.15, -0.1) is 12.4 Å². The Hall–Kier alpha value is -0.320. The number of unbranched alkanes of at least 4 members (excludes halogenated alkanes) is 1. The molecule has 1 saturated heterocycles. The third kappa shape index (κ3) is 10.5. The highest BCUT2D eigenvalue weighted by molar-refractivity contribution is 5.85. The van der Waals surface area contributed by atoms with Gasteiger partial charge in [0.25, 0.3) is 0 Å². The molecule has 0 aromatic heterocycles. The minimum Gasteiger partial charge on any atom is -0.381 e. The lowest BCUT2D eigenvalue weighted by Crippen LogP contribution is -2.29. The molecule has 1 fully saturated rings. The van der Waals surface area contributed by atoms with E-state index in [0.717, 1.165) is 58.0 Å². The fourth-order valence-corrected chi connectivity index (χ4v) is 2.34. The number of carbonyl (C=O) groups excluding carboxylic acids is 1. The van der Waals surface area contributed by atoms with Crippen LogP contribution in [0.4, 0.5) is 0 Å². The van der Waals surface area contributed by atoms with Crippen molar-refractivity contribution >= 4 is 18.3 Å². The van der Waals surface area contributed by atoms with E-state index in [4.69, 9.17) is 4.74 Å². The molecule has 0 aromatic rings. The Morgan fingerprint density at radius 1 is 1.25 bits per heavy atom. The monoisotopic (exact) mass is 306 g/mol. The van der Waals surface area contributed by atoms with Crippen molar-refractivity contribution in [1.29, 1.82) is 0 Å². The molecule has 0 spiro atoms. The maximum Gasteiger partial charge on any atom is 0.220 e. The van der Waals surface area contributed by atoms with Crippen LogP contribution in [-0.2, 0) is 9.53 Å². The topological polar surface area (TPSA) is 50.4 Å². The fourth-order valence-electron chi connectivity index (χ4n) is 2.34. The van der Waals surface area contributed by atoms with Crippen molar-refractivity contribution in [1.82, 2.24) is 10.6 Å². The van der Waals surface area contributed by atoms with Crippen molar-refractivity contribution < 1.29 is 9.53 Å². The average molecular weight is 307 g/mol. The van der Waals surface area contributed by atoms with E-state index >= 15 is 0 Å². The highest BCUT2D eigenvalue weighted by Crippen LogP contribution is 2.17. The molecule has 2 N–H and O–H groups in total. The van der Waals surface area contributed by atoms with Crippen LogP contribution in [0.5, 0.6) is 0 Å². The number of piperidine rings is 1. The predicted octanol–water partition coefficient (Wildman–Crippen LogP) is 2.51. The highest BCUT2D eigenvalue weighted by Gasteiger charge is 2.14. The standard InChI is InChI=1S/C15H30N2O2.ClH/c1-2-3-12-19-13-4-9-17-15(18)6-5-14-7-10-16-11-8-14;/h14,16H,2-13H2,1H3,(H,17,18);1H. The van der Waals surface area contributed by atoms with Crippen LogP contribution in [0.1, 0.15) is 51.9 Å². The summed E-state index contributed by atoms with van der Waals surface area (Å²) in [6, 6.07) is 0. The Bertz CT molecular complexity index is 234. The van der Waals surface area contributed by atoms with E-state index in [0.29, 0.717) is 6.42 Å². The van der Waals surface area contributed by atoms with Crippen molar-refractivity contribution in [2.75, 3.05) is 32.8 Å². The minimum atomic E-state index is 0. The molecule has 20 heavy (non-hydrogen) atoms. The largest absolute Gasteiger partial charge is 0.381 e. The number of hydrogen-bond donors (Lipinski definition) is 2. The van der Waals surface area contributed by atoms with Crippen LogP contribution in [-0.4, -0.2) is 38.8 Å². The van der Waals surface area contributed by atoms with Gasteiger partial charge in [0.15, 0.2) is 0 Å². The molecule has 1 aliphatic heterocycles. The van der Waals surface area contributed by atoms with Gasteiger partial charge in [-0.05, 0) is 51.1 Å². The van der Waals surface area contributed by atoms with Crippen molar-refractivity contribution in [3.63, 3.8) is 0 Å². The molecule has 1 aliphatic rings. The number of nitrogens with one attached hydrogen (secondary N) is 2. The van der Waals surface area contributed by atoms with Crippen LogP contribution < -0.4 is 10.6 Å². The van der Waals surface area contributed by atoms with Gasteiger partial charge in [0.05, 0.1) is 0 Å². The van der Waals surface area contributed by atoms with E-state index in [1.807, 2.05) is 0 Å². The first kappa shape index (κ1) is 19.7. The number of ether oxygens (including phenoxy) is 1. The van der Waals surface area contributed by atoms with Crippen LogP contribution in [0, 0.1) is 5.92 Å². The molecule has 0 aliphatic carbocycles. The summed E-state index contributed by atoms with van der Waals surface area (Å²) in [6.07, 6.45) is 7.39. The Morgan fingerprint density at radius 3 is 2.65 bits per heavy atom. The Labute approximate surface area is 129 Å². The quantitative estimate of drug-likeness (QED) is 0.610. The van der Waals surface area contributed by atoms with Gasteiger partial charge in [0.1, 0.15) is 0 Å². The van der Waals surface area contributed by atoms with Crippen molar-refractivity contribution in [2.24, 2.45) is 5.92 Å². The highest BCUT2D eigenvalue weighted by atomic mass is 35.5. The number of hydrogen-bond acceptors (Lipinski definition) is 3. The summed E-state index contributed by atoms with van der Waals surface area (Å²) in [7, 11) is 0. The Kier molecular flexibility index (Phi) is 13.4. The van der Waals surface area contributed by atoms with Crippen molar-refractivity contribution in [3.8, 4) is 0 Å². The maximum absolute atomic E-state index is 11.7. The minimum absolute atomic E-state index is 0. The van der Waals surface area contributed by atoms with Gasteiger partial charge in [-0.25, -0.2) is 0 Å². The third-order valence-electron chi connectivity index (χ3n) is 3.67. The van der Waals surface area contributed by atoms with Gasteiger partial charge in [-0.1, -0.05) is 13.3 Å². The van der Waals surface area contributed by atoms with E-state index < -0.39 is 0 Å². The van der Waals surface area contributed by atoms with Crippen LogP contribution in [0.3, 0.4) is 0 Å². The second kappa shape index (κ2) is 13.7. The third-order valence-corrected chi connectivity index (χ3v) is 3.67. The molecule has 0 unspecified atom stereocenters. The SMILES string of the molecule is CCCCOCCCNC(=O)CCC1CCNCC1.Cl. The molecule has 0 saturated carbocycles. The van der Waals surface area contributed by atoms with E-state index in [1.165, 1.54) is 19.3 Å². The molecule has 0 radical (unpaired) electrons. The molecule has 1 amide bonds. The average Bonchev–Trinajstić information content (AvgIpc) is 2.45. The van der Waals surface area contributed by atoms with Crippen LogP contribution in [0.15, 0.2) is 0 Å².